The molecule has 2 aliphatic rings. The quantitative estimate of drug-likeness (QED) is 0.780. The van der Waals surface area contributed by atoms with Crippen molar-refractivity contribution >= 4 is 29.2 Å². The largest absolute Gasteiger partial charge is 0.467 e. The highest BCUT2D eigenvalue weighted by atomic mass is 35.5. The summed E-state index contributed by atoms with van der Waals surface area (Å²) in [4.78, 5) is 12.0. The highest BCUT2D eigenvalue weighted by Crippen LogP contribution is 2.52. The summed E-state index contributed by atoms with van der Waals surface area (Å²) in [6.45, 7) is 2.27. The summed E-state index contributed by atoms with van der Waals surface area (Å²) in [6.07, 6.45) is 1.75. The Balaban J connectivity index is 1.73. The molecule has 0 saturated carbocycles. The standard InChI is InChI=1S/C16H18Cl2O4/c1-15-6-7-16(22-15,14(19)20-2)8-13(15)21-9-10-11(17)4-3-5-12(10)18/h3-5,13H,6-9H2,1-2H3/t13-,15+,16-/m0/s1. The van der Waals surface area contributed by atoms with Crippen molar-refractivity contribution in [2.24, 2.45) is 0 Å². The Kier molecular flexibility index (Phi) is 4.14. The summed E-state index contributed by atoms with van der Waals surface area (Å²) in [5.41, 5.74) is -0.579. The second-order valence-corrected chi connectivity index (χ2v) is 6.92. The normalized spacial score (nSPS) is 33.2. The van der Waals surface area contributed by atoms with Crippen molar-refractivity contribution in [1.82, 2.24) is 0 Å². The maximum absolute atomic E-state index is 12.0. The second kappa shape index (κ2) is 5.68. The summed E-state index contributed by atoms with van der Waals surface area (Å²) in [6, 6.07) is 5.35. The molecule has 0 aliphatic carbocycles. The number of halogens is 2. The maximum Gasteiger partial charge on any atom is 0.338 e. The first kappa shape index (κ1) is 16.1. The molecule has 0 spiro atoms. The zero-order valence-electron chi connectivity index (χ0n) is 12.5. The molecule has 0 radical (unpaired) electrons. The fraction of sp³-hybridized carbons (Fsp3) is 0.562. The fourth-order valence-corrected chi connectivity index (χ4v) is 3.89. The van der Waals surface area contributed by atoms with E-state index in [9.17, 15) is 4.79 Å². The molecule has 0 N–H and O–H groups in total. The Bertz CT molecular complexity index is 586. The first-order chi connectivity index (χ1) is 10.4. The number of ether oxygens (including phenoxy) is 3. The molecule has 22 heavy (non-hydrogen) atoms. The van der Waals surface area contributed by atoms with Crippen molar-refractivity contribution in [2.75, 3.05) is 7.11 Å². The van der Waals surface area contributed by atoms with E-state index in [4.69, 9.17) is 37.4 Å². The van der Waals surface area contributed by atoms with Crippen molar-refractivity contribution in [2.45, 2.75) is 50.1 Å². The van der Waals surface area contributed by atoms with Crippen LogP contribution in [0.5, 0.6) is 0 Å². The van der Waals surface area contributed by atoms with Gasteiger partial charge < -0.3 is 14.2 Å². The number of benzene rings is 1. The van der Waals surface area contributed by atoms with E-state index < -0.39 is 11.2 Å². The summed E-state index contributed by atoms with van der Waals surface area (Å²) in [7, 11) is 1.38. The molecule has 6 heteroatoms. The molecule has 0 amide bonds. The Morgan fingerprint density at radius 3 is 2.68 bits per heavy atom. The molecular weight excluding hydrogens is 327 g/mol. The Labute approximate surface area is 139 Å². The van der Waals surface area contributed by atoms with Gasteiger partial charge in [-0.05, 0) is 31.9 Å². The lowest BCUT2D eigenvalue weighted by Gasteiger charge is -2.29. The van der Waals surface area contributed by atoms with E-state index in [0.29, 0.717) is 29.5 Å². The highest BCUT2D eigenvalue weighted by molar-refractivity contribution is 6.35. The van der Waals surface area contributed by atoms with E-state index in [1.165, 1.54) is 7.11 Å². The minimum absolute atomic E-state index is 0.187. The molecular formula is C16H18Cl2O4. The van der Waals surface area contributed by atoms with Gasteiger partial charge in [0.05, 0.1) is 25.4 Å². The predicted octanol–water partition coefficient (Wildman–Crippen LogP) is 3.76. The summed E-state index contributed by atoms with van der Waals surface area (Å²) < 4.78 is 16.9. The average Bonchev–Trinajstić information content (AvgIpc) is 2.98. The van der Waals surface area contributed by atoms with E-state index >= 15 is 0 Å². The molecule has 2 fully saturated rings. The van der Waals surface area contributed by atoms with Crippen molar-refractivity contribution in [3.05, 3.63) is 33.8 Å². The van der Waals surface area contributed by atoms with Gasteiger partial charge in [0.1, 0.15) is 0 Å². The number of methoxy groups -OCH3 is 1. The monoisotopic (exact) mass is 344 g/mol. The third-order valence-corrected chi connectivity index (χ3v) is 5.41. The van der Waals surface area contributed by atoms with Crippen molar-refractivity contribution < 1.29 is 19.0 Å². The van der Waals surface area contributed by atoms with Gasteiger partial charge in [-0.25, -0.2) is 4.79 Å². The summed E-state index contributed by atoms with van der Waals surface area (Å²) in [5.74, 6) is -0.321. The van der Waals surface area contributed by atoms with Crippen LogP contribution in [0.25, 0.3) is 0 Å². The van der Waals surface area contributed by atoms with Crippen LogP contribution in [0.4, 0.5) is 0 Å². The molecule has 1 aromatic rings. The third-order valence-electron chi connectivity index (χ3n) is 4.70. The molecule has 0 aromatic heterocycles. The van der Waals surface area contributed by atoms with E-state index in [2.05, 4.69) is 0 Å². The number of hydrogen-bond acceptors (Lipinski definition) is 4. The van der Waals surface area contributed by atoms with Crippen LogP contribution >= 0.6 is 23.2 Å². The van der Waals surface area contributed by atoms with E-state index in [0.717, 1.165) is 12.0 Å². The molecule has 2 aliphatic heterocycles. The van der Waals surface area contributed by atoms with Crippen LogP contribution in [0.15, 0.2) is 18.2 Å². The number of hydrogen-bond donors (Lipinski definition) is 0. The first-order valence-electron chi connectivity index (χ1n) is 7.23. The van der Waals surface area contributed by atoms with Gasteiger partial charge >= 0.3 is 5.97 Å². The van der Waals surface area contributed by atoms with Gasteiger partial charge in [0.2, 0.25) is 0 Å². The molecule has 1 aromatic carbocycles. The van der Waals surface area contributed by atoms with Crippen LogP contribution in [0.2, 0.25) is 10.0 Å². The van der Waals surface area contributed by atoms with Crippen molar-refractivity contribution in [1.29, 1.82) is 0 Å². The first-order valence-corrected chi connectivity index (χ1v) is 7.99. The second-order valence-electron chi connectivity index (χ2n) is 6.10. The number of esters is 1. The van der Waals surface area contributed by atoms with Crippen LogP contribution in [-0.4, -0.2) is 30.4 Å². The Morgan fingerprint density at radius 2 is 2.05 bits per heavy atom. The Morgan fingerprint density at radius 1 is 1.36 bits per heavy atom. The summed E-state index contributed by atoms with van der Waals surface area (Å²) in [5, 5.41) is 1.15. The van der Waals surface area contributed by atoms with Gasteiger partial charge in [-0.3, -0.25) is 0 Å². The Hall–Kier alpha value is -0.810. The van der Waals surface area contributed by atoms with Gasteiger partial charge in [-0.1, -0.05) is 29.3 Å². The number of carbonyl (C=O) groups is 1. The van der Waals surface area contributed by atoms with Gasteiger partial charge in [-0.15, -0.1) is 0 Å². The highest BCUT2D eigenvalue weighted by Gasteiger charge is 2.63. The number of carbonyl (C=O) groups excluding carboxylic acids is 1. The average molecular weight is 345 g/mol. The zero-order chi connectivity index (χ0) is 16.0. The van der Waals surface area contributed by atoms with Gasteiger partial charge in [0.15, 0.2) is 5.60 Å². The minimum atomic E-state index is -0.863. The molecule has 4 nitrogen and oxygen atoms in total. The summed E-state index contributed by atoms with van der Waals surface area (Å²) >= 11 is 12.3. The van der Waals surface area contributed by atoms with Crippen LogP contribution in [0, 0.1) is 0 Å². The smallest absolute Gasteiger partial charge is 0.338 e. The van der Waals surface area contributed by atoms with Crippen LogP contribution in [0.1, 0.15) is 31.7 Å². The van der Waals surface area contributed by atoms with Crippen LogP contribution < -0.4 is 0 Å². The molecule has 0 unspecified atom stereocenters. The lowest BCUT2D eigenvalue weighted by molar-refractivity contribution is -0.166. The zero-order valence-corrected chi connectivity index (χ0v) is 14.0. The van der Waals surface area contributed by atoms with Crippen LogP contribution in [-0.2, 0) is 25.6 Å². The van der Waals surface area contributed by atoms with E-state index in [1.807, 2.05) is 6.92 Å². The molecule has 2 bridgehead atoms. The number of fused-ring (bicyclic) bond motifs is 2. The van der Waals surface area contributed by atoms with E-state index in [1.54, 1.807) is 18.2 Å². The fourth-order valence-electron chi connectivity index (χ4n) is 3.39. The number of rotatable bonds is 4. The third kappa shape index (κ3) is 2.52. The van der Waals surface area contributed by atoms with E-state index in [-0.39, 0.29) is 12.1 Å². The molecule has 3 atom stereocenters. The SMILES string of the molecule is COC(=O)[C@@]12CC[C@@](C)(O1)[C@@H](OCc1c(Cl)cccc1Cl)C2. The minimum Gasteiger partial charge on any atom is -0.467 e. The van der Waals surface area contributed by atoms with Gasteiger partial charge in [-0.2, -0.15) is 0 Å². The molecule has 3 rings (SSSR count). The van der Waals surface area contributed by atoms with Crippen molar-refractivity contribution in [3.63, 3.8) is 0 Å². The lowest BCUT2D eigenvalue weighted by Crippen LogP contribution is -2.40. The van der Waals surface area contributed by atoms with Crippen LogP contribution in [0.3, 0.4) is 0 Å². The predicted molar refractivity (Wildman–Crippen MR) is 83.1 cm³/mol. The van der Waals surface area contributed by atoms with Crippen molar-refractivity contribution in [3.8, 4) is 0 Å². The molecule has 120 valence electrons. The molecule has 2 saturated heterocycles. The topological polar surface area (TPSA) is 44.8 Å². The lowest BCUT2D eigenvalue weighted by atomic mass is 9.80. The molecule has 2 heterocycles. The van der Waals surface area contributed by atoms with Gasteiger partial charge in [0, 0.05) is 22.0 Å². The van der Waals surface area contributed by atoms with Gasteiger partial charge in [0.25, 0.3) is 0 Å². The maximum atomic E-state index is 12.0.